The number of imide groups is 1. The Kier molecular flexibility index (Phi) is 5.72. The van der Waals surface area contributed by atoms with Crippen LogP contribution in [0, 0.1) is 0 Å². The molecular weight excluding hydrogens is 441 g/mol. The number of benzene rings is 2. The van der Waals surface area contributed by atoms with Crippen LogP contribution in [0.25, 0.3) is 10.9 Å². The largest absolute Gasteiger partial charge is 0.446 e. The SMILES string of the molecule is CN(C)c1ccc2nccc(CN3CC(=O)N(c4ccc(SC(F)(F)F)cc4)C3=O)c2c1. The molecule has 1 saturated heterocycles. The first-order chi connectivity index (χ1) is 15.1. The Labute approximate surface area is 186 Å². The van der Waals surface area contributed by atoms with Crippen molar-refractivity contribution in [1.82, 2.24) is 9.88 Å². The number of aromatic nitrogens is 1. The summed E-state index contributed by atoms with van der Waals surface area (Å²) in [6.07, 6.45) is 1.66. The van der Waals surface area contributed by atoms with Crippen LogP contribution in [0.3, 0.4) is 0 Å². The topological polar surface area (TPSA) is 56.8 Å². The zero-order valence-corrected chi connectivity index (χ0v) is 18.1. The van der Waals surface area contributed by atoms with E-state index < -0.39 is 17.4 Å². The van der Waals surface area contributed by atoms with Crippen molar-refractivity contribution in [3.63, 3.8) is 0 Å². The van der Waals surface area contributed by atoms with Crippen LogP contribution in [0.15, 0.2) is 59.6 Å². The van der Waals surface area contributed by atoms with Crippen molar-refractivity contribution in [3.8, 4) is 0 Å². The summed E-state index contributed by atoms with van der Waals surface area (Å²) in [5, 5.41) is 0.880. The quantitative estimate of drug-likeness (QED) is 0.401. The molecule has 0 spiro atoms. The van der Waals surface area contributed by atoms with Gasteiger partial charge in [-0.25, -0.2) is 9.69 Å². The Morgan fingerprint density at radius 3 is 2.44 bits per heavy atom. The van der Waals surface area contributed by atoms with E-state index in [1.165, 1.54) is 29.2 Å². The maximum absolute atomic E-state index is 13.0. The number of nitrogens with zero attached hydrogens (tertiary/aromatic N) is 4. The number of rotatable bonds is 5. The monoisotopic (exact) mass is 460 g/mol. The predicted octanol–water partition coefficient (Wildman–Crippen LogP) is 4.88. The van der Waals surface area contributed by atoms with Crippen LogP contribution >= 0.6 is 11.8 Å². The molecule has 0 atom stereocenters. The van der Waals surface area contributed by atoms with Gasteiger partial charge in [-0.1, -0.05) is 0 Å². The number of hydrogen-bond donors (Lipinski definition) is 0. The molecule has 6 nitrogen and oxygen atoms in total. The van der Waals surface area contributed by atoms with Crippen LogP contribution in [-0.2, 0) is 11.3 Å². The molecule has 1 aromatic heterocycles. The van der Waals surface area contributed by atoms with E-state index in [9.17, 15) is 22.8 Å². The maximum atomic E-state index is 13.0. The molecule has 1 aliphatic rings. The molecule has 3 aromatic rings. The molecule has 1 aliphatic heterocycles. The van der Waals surface area contributed by atoms with Gasteiger partial charge in [-0.05, 0) is 65.9 Å². The third kappa shape index (κ3) is 4.50. The third-order valence-corrected chi connectivity index (χ3v) is 5.80. The average molecular weight is 460 g/mol. The van der Waals surface area contributed by atoms with Gasteiger partial charge in [-0.15, -0.1) is 0 Å². The van der Waals surface area contributed by atoms with E-state index in [-0.39, 0.29) is 35.4 Å². The number of carbonyl (C=O) groups is 2. The van der Waals surface area contributed by atoms with Crippen molar-refractivity contribution >= 4 is 46.0 Å². The number of fused-ring (bicyclic) bond motifs is 1. The Bertz CT molecular complexity index is 1180. The minimum Gasteiger partial charge on any atom is -0.378 e. The van der Waals surface area contributed by atoms with E-state index in [0.29, 0.717) is 0 Å². The lowest BCUT2D eigenvalue weighted by atomic mass is 10.1. The number of amides is 3. The first-order valence-corrected chi connectivity index (χ1v) is 10.5. The molecule has 3 amide bonds. The molecular formula is C22H19F3N4O2S. The summed E-state index contributed by atoms with van der Waals surface area (Å²) in [7, 11) is 3.85. The molecule has 166 valence electrons. The van der Waals surface area contributed by atoms with Crippen LogP contribution < -0.4 is 9.80 Å². The van der Waals surface area contributed by atoms with Crippen LogP contribution in [-0.4, -0.2) is 48.0 Å². The highest BCUT2D eigenvalue weighted by Crippen LogP contribution is 2.37. The lowest BCUT2D eigenvalue weighted by molar-refractivity contribution is -0.116. The van der Waals surface area contributed by atoms with Gasteiger partial charge in [-0.2, -0.15) is 13.2 Å². The predicted molar refractivity (Wildman–Crippen MR) is 118 cm³/mol. The molecule has 0 bridgehead atoms. The van der Waals surface area contributed by atoms with Gasteiger partial charge in [-0.3, -0.25) is 9.78 Å². The number of alkyl halides is 3. The van der Waals surface area contributed by atoms with E-state index in [0.717, 1.165) is 27.1 Å². The lowest BCUT2D eigenvalue weighted by Crippen LogP contribution is -2.32. The van der Waals surface area contributed by atoms with Crippen molar-refractivity contribution in [2.75, 3.05) is 30.4 Å². The molecule has 0 unspecified atom stereocenters. The molecule has 2 aromatic carbocycles. The molecule has 0 radical (unpaired) electrons. The smallest absolute Gasteiger partial charge is 0.378 e. The standard InChI is InChI=1S/C22H19F3N4O2S/c1-27(2)16-5-8-19-18(11-16)14(9-10-26-19)12-28-13-20(30)29(21(28)31)15-3-6-17(7-4-15)32-22(23,24)25/h3-11H,12-13H2,1-2H3. The van der Waals surface area contributed by atoms with Gasteiger partial charge in [0, 0.05) is 42.8 Å². The second-order valence-electron chi connectivity index (χ2n) is 7.48. The highest BCUT2D eigenvalue weighted by molar-refractivity contribution is 8.00. The summed E-state index contributed by atoms with van der Waals surface area (Å²) in [6.45, 7) is 0.0913. The van der Waals surface area contributed by atoms with Crippen molar-refractivity contribution < 1.29 is 22.8 Å². The number of halogens is 3. The van der Waals surface area contributed by atoms with Crippen molar-refractivity contribution in [2.24, 2.45) is 0 Å². The first kappa shape index (κ1) is 21.9. The Balaban J connectivity index is 1.57. The van der Waals surface area contributed by atoms with Gasteiger partial charge in [0.2, 0.25) is 0 Å². The molecule has 0 aliphatic carbocycles. The zero-order valence-electron chi connectivity index (χ0n) is 17.3. The summed E-state index contributed by atoms with van der Waals surface area (Å²) in [4.78, 5) is 34.3. The Hall–Kier alpha value is -3.27. The number of carbonyl (C=O) groups excluding carboxylic acids is 2. The van der Waals surface area contributed by atoms with E-state index in [1.807, 2.05) is 43.3 Å². The summed E-state index contributed by atoms with van der Waals surface area (Å²) < 4.78 is 37.6. The molecule has 32 heavy (non-hydrogen) atoms. The normalized spacial score (nSPS) is 14.5. The fraction of sp³-hybridized carbons (Fsp3) is 0.227. The highest BCUT2D eigenvalue weighted by atomic mass is 32.2. The zero-order chi connectivity index (χ0) is 23.0. The van der Waals surface area contributed by atoms with E-state index in [1.54, 1.807) is 6.20 Å². The Morgan fingerprint density at radius 2 is 1.78 bits per heavy atom. The summed E-state index contributed by atoms with van der Waals surface area (Å²) in [5.41, 5.74) is -1.56. The number of hydrogen-bond acceptors (Lipinski definition) is 5. The molecule has 0 saturated carbocycles. The van der Waals surface area contributed by atoms with Gasteiger partial charge < -0.3 is 9.80 Å². The van der Waals surface area contributed by atoms with Crippen LogP contribution in [0.1, 0.15) is 5.56 Å². The minimum atomic E-state index is -4.41. The Morgan fingerprint density at radius 1 is 1.06 bits per heavy atom. The van der Waals surface area contributed by atoms with Gasteiger partial charge in [0.1, 0.15) is 6.54 Å². The van der Waals surface area contributed by atoms with Crippen molar-refractivity contribution in [2.45, 2.75) is 16.9 Å². The maximum Gasteiger partial charge on any atom is 0.446 e. The summed E-state index contributed by atoms with van der Waals surface area (Å²) in [6, 6.07) is 12.3. The van der Waals surface area contributed by atoms with Crippen molar-refractivity contribution in [1.29, 1.82) is 0 Å². The molecule has 0 N–H and O–H groups in total. The van der Waals surface area contributed by atoms with Gasteiger partial charge in [0.25, 0.3) is 5.91 Å². The molecule has 2 heterocycles. The first-order valence-electron chi connectivity index (χ1n) is 9.65. The van der Waals surface area contributed by atoms with E-state index in [2.05, 4.69) is 4.98 Å². The van der Waals surface area contributed by atoms with Crippen LogP contribution in [0.4, 0.5) is 29.3 Å². The van der Waals surface area contributed by atoms with Gasteiger partial charge in [0.05, 0.1) is 11.2 Å². The van der Waals surface area contributed by atoms with Crippen LogP contribution in [0.5, 0.6) is 0 Å². The van der Waals surface area contributed by atoms with E-state index >= 15 is 0 Å². The fourth-order valence-corrected chi connectivity index (χ4v) is 4.08. The minimum absolute atomic E-state index is 0.0165. The second-order valence-corrected chi connectivity index (χ2v) is 8.61. The highest BCUT2D eigenvalue weighted by Gasteiger charge is 2.37. The number of anilines is 2. The molecule has 10 heteroatoms. The summed E-state index contributed by atoms with van der Waals surface area (Å²) >= 11 is -0.248. The summed E-state index contributed by atoms with van der Waals surface area (Å²) in [5.74, 6) is -0.432. The fourth-order valence-electron chi connectivity index (χ4n) is 3.54. The third-order valence-electron chi connectivity index (χ3n) is 5.06. The van der Waals surface area contributed by atoms with Crippen molar-refractivity contribution in [3.05, 3.63) is 60.3 Å². The molecule has 1 fully saturated rings. The van der Waals surface area contributed by atoms with Gasteiger partial charge in [0.15, 0.2) is 0 Å². The second kappa shape index (κ2) is 8.34. The number of thioether (sulfide) groups is 1. The number of urea groups is 1. The number of pyridine rings is 1. The van der Waals surface area contributed by atoms with E-state index in [4.69, 9.17) is 0 Å². The molecule has 4 rings (SSSR count). The van der Waals surface area contributed by atoms with Gasteiger partial charge >= 0.3 is 11.5 Å². The average Bonchev–Trinajstić information content (AvgIpc) is 3.00. The van der Waals surface area contributed by atoms with Crippen LogP contribution in [0.2, 0.25) is 0 Å². The lowest BCUT2D eigenvalue weighted by Gasteiger charge is -2.19.